The lowest BCUT2D eigenvalue weighted by Gasteiger charge is -2.16. The van der Waals surface area contributed by atoms with Gasteiger partial charge in [0.15, 0.2) is 0 Å². The van der Waals surface area contributed by atoms with Gasteiger partial charge in [0.25, 0.3) is 0 Å². The van der Waals surface area contributed by atoms with Gasteiger partial charge in [-0.3, -0.25) is 0 Å². The van der Waals surface area contributed by atoms with Gasteiger partial charge in [-0.25, -0.2) is 9.78 Å². The minimum Gasteiger partial charge on any atom is -0.478 e. The van der Waals surface area contributed by atoms with Gasteiger partial charge in [0, 0.05) is 18.3 Å². The largest absolute Gasteiger partial charge is 0.478 e. The molecule has 2 N–H and O–H groups in total. The van der Waals surface area contributed by atoms with Gasteiger partial charge in [-0.15, -0.1) is 0 Å². The number of anilines is 1. The van der Waals surface area contributed by atoms with Crippen molar-refractivity contribution in [3.05, 3.63) is 90.1 Å². The zero-order valence-electron chi connectivity index (χ0n) is 16.3. The second kappa shape index (κ2) is 10.9. The van der Waals surface area contributed by atoms with Crippen LogP contribution in [0.1, 0.15) is 36.5 Å². The molecule has 5 heteroatoms. The molecule has 0 radical (unpaired) electrons. The fourth-order valence-corrected chi connectivity index (χ4v) is 3.07. The second-order valence-corrected chi connectivity index (χ2v) is 6.84. The zero-order chi connectivity index (χ0) is 20.3. The summed E-state index contributed by atoms with van der Waals surface area (Å²) < 4.78 is 5.65. The number of nitrogens with one attached hydrogen (secondary N) is 1. The standard InChI is InChI=1S/C24H26N2O3/c27-24(28)23(29-21-10-4-1-5-11-21)20-15-13-19(14-16-20)9-3-2-7-17-25-22-12-6-8-18-26-22/h1,4-6,8,10-16,18,23H,2-3,7,9,17H2,(H,25,26)(H,27,28). The topological polar surface area (TPSA) is 71.5 Å². The number of aliphatic carboxylic acids is 1. The summed E-state index contributed by atoms with van der Waals surface area (Å²) in [6, 6.07) is 22.5. The van der Waals surface area contributed by atoms with Crippen LogP contribution in [0, 0.1) is 0 Å². The third-order valence-corrected chi connectivity index (χ3v) is 4.62. The quantitative estimate of drug-likeness (QED) is 0.445. The van der Waals surface area contributed by atoms with Crippen LogP contribution in [-0.4, -0.2) is 22.6 Å². The predicted octanol–water partition coefficient (Wildman–Crippen LogP) is 5.11. The van der Waals surface area contributed by atoms with Crippen LogP contribution in [0.4, 0.5) is 5.82 Å². The van der Waals surface area contributed by atoms with Gasteiger partial charge in [0.05, 0.1) is 0 Å². The molecule has 0 fully saturated rings. The van der Waals surface area contributed by atoms with E-state index in [2.05, 4.69) is 10.3 Å². The smallest absolute Gasteiger partial charge is 0.349 e. The van der Waals surface area contributed by atoms with Gasteiger partial charge in [-0.2, -0.15) is 0 Å². The van der Waals surface area contributed by atoms with Crippen LogP contribution in [0.2, 0.25) is 0 Å². The highest BCUT2D eigenvalue weighted by atomic mass is 16.5. The number of nitrogens with zero attached hydrogens (tertiary/aromatic N) is 1. The van der Waals surface area contributed by atoms with Crippen molar-refractivity contribution < 1.29 is 14.6 Å². The summed E-state index contributed by atoms with van der Waals surface area (Å²) in [5, 5.41) is 12.8. The number of benzene rings is 2. The molecule has 1 unspecified atom stereocenters. The van der Waals surface area contributed by atoms with Gasteiger partial charge in [0.2, 0.25) is 6.10 Å². The van der Waals surface area contributed by atoms with Gasteiger partial charge in [0.1, 0.15) is 11.6 Å². The molecule has 1 heterocycles. The fraction of sp³-hybridized carbons (Fsp3) is 0.250. The maximum absolute atomic E-state index is 11.6. The highest BCUT2D eigenvalue weighted by Crippen LogP contribution is 2.23. The first kappa shape index (κ1) is 20.4. The molecule has 150 valence electrons. The maximum Gasteiger partial charge on any atom is 0.349 e. The normalized spacial score (nSPS) is 11.6. The average molecular weight is 390 g/mol. The number of ether oxygens (including phenoxy) is 1. The number of pyridine rings is 1. The van der Waals surface area contributed by atoms with E-state index in [0.29, 0.717) is 11.3 Å². The van der Waals surface area contributed by atoms with Crippen molar-refractivity contribution in [3.63, 3.8) is 0 Å². The van der Waals surface area contributed by atoms with Crippen molar-refractivity contribution >= 4 is 11.8 Å². The van der Waals surface area contributed by atoms with Crippen molar-refractivity contribution in [1.29, 1.82) is 0 Å². The highest BCUT2D eigenvalue weighted by Gasteiger charge is 2.21. The minimum absolute atomic E-state index is 0.545. The molecule has 3 rings (SSSR count). The molecule has 2 aromatic carbocycles. The third kappa shape index (κ3) is 6.64. The predicted molar refractivity (Wildman–Crippen MR) is 114 cm³/mol. The first-order valence-electron chi connectivity index (χ1n) is 9.90. The van der Waals surface area contributed by atoms with Gasteiger partial charge >= 0.3 is 5.97 Å². The van der Waals surface area contributed by atoms with Crippen molar-refractivity contribution in [2.24, 2.45) is 0 Å². The molecule has 3 aromatic rings. The van der Waals surface area contributed by atoms with E-state index < -0.39 is 12.1 Å². The van der Waals surface area contributed by atoms with E-state index in [0.717, 1.165) is 38.0 Å². The van der Waals surface area contributed by atoms with Crippen LogP contribution < -0.4 is 10.1 Å². The van der Waals surface area contributed by atoms with Gasteiger partial charge in [-0.1, -0.05) is 55.0 Å². The molecule has 0 saturated heterocycles. The van der Waals surface area contributed by atoms with E-state index in [4.69, 9.17) is 4.74 Å². The zero-order valence-corrected chi connectivity index (χ0v) is 16.3. The molecule has 29 heavy (non-hydrogen) atoms. The Bertz CT molecular complexity index is 868. The van der Waals surface area contributed by atoms with Crippen molar-refractivity contribution in [2.75, 3.05) is 11.9 Å². The second-order valence-electron chi connectivity index (χ2n) is 6.84. The molecule has 1 aromatic heterocycles. The molecule has 0 aliphatic rings. The summed E-state index contributed by atoms with van der Waals surface area (Å²) in [7, 11) is 0. The van der Waals surface area contributed by atoms with Crippen molar-refractivity contribution in [2.45, 2.75) is 31.8 Å². The summed E-state index contributed by atoms with van der Waals surface area (Å²) >= 11 is 0. The Morgan fingerprint density at radius 1 is 0.931 bits per heavy atom. The number of carboxylic acid groups (broad SMARTS) is 1. The first-order valence-corrected chi connectivity index (χ1v) is 9.90. The molecule has 0 aliphatic carbocycles. The van der Waals surface area contributed by atoms with Crippen LogP contribution in [0.25, 0.3) is 0 Å². The molecule has 0 aliphatic heterocycles. The van der Waals surface area contributed by atoms with Gasteiger partial charge in [-0.05, 0) is 49.1 Å². The monoisotopic (exact) mass is 390 g/mol. The molecule has 0 bridgehead atoms. The molecular weight excluding hydrogens is 364 g/mol. The van der Waals surface area contributed by atoms with Crippen LogP contribution in [0.3, 0.4) is 0 Å². The number of rotatable bonds is 11. The molecule has 0 saturated carbocycles. The number of hydrogen-bond acceptors (Lipinski definition) is 4. The minimum atomic E-state index is -1.01. The maximum atomic E-state index is 11.6. The SMILES string of the molecule is O=C(O)C(Oc1ccccc1)c1ccc(CCCCCNc2ccccn2)cc1. The Balaban J connectivity index is 1.43. The van der Waals surface area contributed by atoms with Gasteiger partial charge < -0.3 is 15.2 Å². The van der Waals surface area contributed by atoms with E-state index in [1.807, 2.05) is 60.7 Å². The molecule has 0 amide bonds. The van der Waals surface area contributed by atoms with Crippen LogP contribution in [0.5, 0.6) is 5.75 Å². The van der Waals surface area contributed by atoms with E-state index in [-0.39, 0.29) is 0 Å². The number of aryl methyl sites for hydroxylation is 1. The molecule has 0 spiro atoms. The lowest BCUT2D eigenvalue weighted by atomic mass is 10.0. The van der Waals surface area contributed by atoms with E-state index in [1.165, 1.54) is 5.56 Å². The Morgan fingerprint density at radius 3 is 2.38 bits per heavy atom. The fourth-order valence-electron chi connectivity index (χ4n) is 3.07. The van der Waals surface area contributed by atoms with E-state index in [9.17, 15) is 9.90 Å². The lowest BCUT2D eigenvalue weighted by Crippen LogP contribution is -2.18. The summed E-state index contributed by atoms with van der Waals surface area (Å²) in [6.07, 6.45) is 5.04. The van der Waals surface area contributed by atoms with Crippen molar-refractivity contribution in [1.82, 2.24) is 4.98 Å². The first-order chi connectivity index (χ1) is 14.2. The Kier molecular flexibility index (Phi) is 7.63. The highest BCUT2D eigenvalue weighted by molar-refractivity contribution is 5.74. The van der Waals surface area contributed by atoms with E-state index in [1.54, 1.807) is 18.3 Å². The summed E-state index contributed by atoms with van der Waals surface area (Å²) in [5.74, 6) is 0.457. The summed E-state index contributed by atoms with van der Waals surface area (Å²) in [5.41, 5.74) is 1.85. The number of hydrogen-bond donors (Lipinski definition) is 2. The third-order valence-electron chi connectivity index (χ3n) is 4.62. The Morgan fingerprint density at radius 2 is 1.69 bits per heavy atom. The number of unbranched alkanes of at least 4 members (excludes halogenated alkanes) is 2. The summed E-state index contributed by atoms with van der Waals surface area (Å²) in [4.78, 5) is 15.9. The van der Waals surface area contributed by atoms with E-state index >= 15 is 0 Å². The number of carbonyl (C=O) groups is 1. The number of para-hydroxylation sites is 1. The number of aromatic nitrogens is 1. The van der Waals surface area contributed by atoms with Crippen LogP contribution >= 0.6 is 0 Å². The van der Waals surface area contributed by atoms with Crippen LogP contribution in [-0.2, 0) is 11.2 Å². The average Bonchev–Trinajstić information content (AvgIpc) is 2.76. The Labute approximate surface area is 171 Å². The van der Waals surface area contributed by atoms with Crippen molar-refractivity contribution in [3.8, 4) is 5.75 Å². The summed E-state index contributed by atoms with van der Waals surface area (Å²) in [6.45, 7) is 0.910. The lowest BCUT2D eigenvalue weighted by molar-refractivity contribution is -0.145. The molecule has 5 nitrogen and oxygen atoms in total. The van der Waals surface area contributed by atoms with Crippen LogP contribution in [0.15, 0.2) is 79.0 Å². The Hall–Kier alpha value is -3.34. The molecule has 1 atom stereocenters. The number of carboxylic acids is 1. The molecular formula is C24H26N2O3.